The molecule has 0 saturated carbocycles. The van der Waals surface area contributed by atoms with Gasteiger partial charge in [0.25, 0.3) is 5.91 Å². The van der Waals surface area contributed by atoms with E-state index in [0.29, 0.717) is 37.9 Å². The van der Waals surface area contributed by atoms with Crippen LogP contribution in [0.15, 0.2) is 60.7 Å². The molecule has 2 aromatic carbocycles. The van der Waals surface area contributed by atoms with Gasteiger partial charge in [-0.15, -0.1) is 0 Å². The Morgan fingerprint density at radius 3 is 2.39 bits per heavy atom. The Hall–Kier alpha value is -3.61. The maximum absolute atomic E-state index is 12.6. The number of para-hydroxylation sites is 2. The number of benzene rings is 2. The molecular weight excluding hydrogens is 392 g/mol. The van der Waals surface area contributed by atoms with E-state index in [1.54, 1.807) is 0 Å². The predicted molar refractivity (Wildman–Crippen MR) is 119 cm³/mol. The number of rotatable bonds is 6. The molecule has 1 aromatic heterocycles. The topological polar surface area (TPSA) is 67.8 Å². The zero-order chi connectivity index (χ0) is 21.6. The first kappa shape index (κ1) is 20.7. The van der Waals surface area contributed by atoms with Gasteiger partial charge in [0.15, 0.2) is 6.61 Å². The van der Waals surface area contributed by atoms with Gasteiger partial charge in [-0.3, -0.25) is 4.79 Å². The molecule has 2 heterocycles. The molecule has 1 fully saturated rings. The van der Waals surface area contributed by atoms with Crippen molar-refractivity contribution in [3.63, 3.8) is 0 Å². The number of piperazine rings is 1. The summed E-state index contributed by atoms with van der Waals surface area (Å²) >= 11 is 0. The van der Waals surface area contributed by atoms with E-state index in [1.807, 2.05) is 79.4 Å². The number of aromatic nitrogens is 2. The van der Waals surface area contributed by atoms with E-state index in [0.717, 1.165) is 22.9 Å². The van der Waals surface area contributed by atoms with Crippen molar-refractivity contribution in [1.82, 2.24) is 14.9 Å². The minimum Gasteiger partial charge on any atom is -0.484 e. The molecular formula is C24H26N4O3. The molecule has 0 unspecified atom stereocenters. The van der Waals surface area contributed by atoms with Crippen molar-refractivity contribution >= 4 is 11.7 Å². The van der Waals surface area contributed by atoms with E-state index in [-0.39, 0.29) is 12.5 Å². The molecule has 0 N–H and O–H groups in total. The van der Waals surface area contributed by atoms with Crippen LogP contribution in [0.25, 0.3) is 0 Å². The van der Waals surface area contributed by atoms with Gasteiger partial charge in [0.2, 0.25) is 5.88 Å². The highest BCUT2D eigenvalue weighted by atomic mass is 16.5. The second-order valence-corrected chi connectivity index (χ2v) is 7.45. The first-order valence-electron chi connectivity index (χ1n) is 10.4. The minimum absolute atomic E-state index is 0.00475. The molecule has 0 aliphatic carbocycles. The highest BCUT2D eigenvalue weighted by Gasteiger charge is 2.23. The quantitative estimate of drug-likeness (QED) is 0.609. The first-order valence-corrected chi connectivity index (χ1v) is 10.4. The zero-order valence-corrected chi connectivity index (χ0v) is 17.8. The Morgan fingerprint density at radius 1 is 0.935 bits per heavy atom. The predicted octanol–water partition coefficient (Wildman–Crippen LogP) is 3.61. The fourth-order valence-corrected chi connectivity index (χ4v) is 3.48. The maximum Gasteiger partial charge on any atom is 0.260 e. The van der Waals surface area contributed by atoms with E-state index >= 15 is 0 Å². The monoisotopic (exact) mass is 418 g/mol. The van der Waals surface area contributed by atoms with Crippen LogP contribution in [-0.4, -0.2) is 53.6 Å². The number of anilines is 1. The van der Waals surface area contributed by atoms with Crippen molar-refractivity contribution in [2.45, 2.75) is 13.8 Å². The van der Waals surface area contributed by atoms with Crippen LogP contribution < -0.4 is 14.4 Å². The number of amides is 1. The Balaban J connectivity index is 1.34. The van der Waals surface area contributed by atoms with Crippen LogP contribution in [0.3, 0.4) is 0 Å². The van der Waals surface area contributed by atoms with Crippen molar-refractivity contribution in [1.29, 1.82) is 0 Å². The average Bonchev–Trinajstić information content (AvgIpc) is 2.79. The van der Waals surface area contributed by atoms with Crippen LogP contribution in [0.2, 0.25) is 0 Å². The number of aryl methyl sites for hydroxylation is 2. The number of carbonyl (C=O) groups excluding carboxylic acids is 1. The lowest BCUT2D eigenvalue weighted by molar-refractivity contribution is -0.133. The van der Waals surface area contributed by atoms with E-state index in [9.17, 15) is 4.79 Å². The Kier molecular flexibility index (Phi) is 6.31. The normalized spacial score (nSPS) is 13.7. The smallest absolute Gasteiger partial charge is 0.260 e. The van der Waals surface area contributed by atoms with Gasteiger partial charge in [-0.05, 0) is 37.6 Å². The van der Waals surface area contributed by atoms with Crippen LogP contribution in [0.1, 0.15) is 11.4 Å². The molecule has 1 amide bonds. The van der Waals surface area contributed by atoms with Gasteiger partial charge in [-0.1, -0.05) is 36.4 Å². The summed E-state index contributed by atoms with van der Waals surface area (Å²) in [6, 6.07) is 19.1. The van der Waals surface area contributed by atoms with E-state index in [4.69, 9.17) is 9.47 Å². The van der Waals surface area contributed by atoms with Crippen molar-refractivity contribution in [3.05, 3.63) is 72.1 Å². The highest BCUT2D eigenvalue weighted by Crippen LogP contribution is 2.24. The van der Waals surface area contributed by atoms with Crippen LogP contribution in [0.4, 0.5) is 5.82 Å². The van der Waals surface area contributed by atoms with E-state index in [2.05, 4.69) is 14.9 Å². The third-order valence-electron chi connectivity index (χ3n) is 5.17. The van der Waals surface area contributed by atoms with Crippen molar-refractivity contribution in [3.8, 4) is 17.4 Å². The summed E-state index contributed by atoms with van der Waals surface area (Å²) in [4.78, 5) is 25.5. The van der Waals surface area contributed by atoms with Crippen LogP contribution >= 0.6 is 0 Å². The number of ether oxygens (including phenoxy) is 2. The Morgan fingerprint density at radius 2 is 1.65 bits per heavy atom. The fourth-order valence-electron chi connectivity index (χ4n) is 3.48. The van der Waals surface area contributed by atoms with Gasteiger partial charge < -0.3 is 19.3 Å². The molecule has 0 bridgehead atoms. The lowest BCUT2D eigenvalue weighted by atomic mass is 10.2. The fraction of sp³-hybridized carbons (Fsp3) is 0.292. The second kappa shape index (κ2) is 9.47. The maximum atomic E-state index is 12.6. The number of carbonyl (C=O) groups is 1. The molecule has 1 saturated heterocycles. The number of nitrogens with zero attached hydrogens (tertiary/aromatic N) is 4. The summed E-state index contributed by atoms with van der Waals surface area (Å²) in [5, 5.41) is 0. The number of hydrogen-bond acceptors (Lipinski definition) is 6. The molecule has 0 radical (unpaired) electrons. The van der Waals surface area contributed by atoms with Crippen molar-refractivity contribution < 1.29 is 14.3 Å². The van der Waals surface area contributed by atoms with Gasteiger partial charge >= 0.3 is 0 Å². The minimum atomic E-state index is -0.00475. The van der Waals surface area contributed by atoms with Crippen LogP contribution in [-0.2, 0) is 4.79 Å². The largest absolute Gasteiger partial charge is 0.484 e. The summed E-state index contributed by atoms with van der Waals surface area (Å²) in [5.41, 5.74) is 1.02. The molecule has 0 spiro atoms. The standard InChI is InChI=1S/C24H26N4O3/c1-18-8-6-7-11-21(18)30-17-24(29)28-14-12-27(13-15-28)22-16-23(26-19(2)25-22)31-20-9-4-3-5-10-20/h3-11,16H,12-15,17H2,1-2H3. The average molecular weight is 418 g/mol. The van der Waals surface area contributed by atoms with Gasteiger partial charge in [0.05, 0.1) is 0 Å². The molecule has 7 heteroatoms. The Bertz CT molecular complexity index is 1030. The Labute approximate surface area is 182 Å². The van der Waals surface area contributed by atoms with Crippen LogP contribution in [0.5, 0.6) is 17.4 Å². The van der Waals surface area contributed by atoms with Gasteiger partial charge in [-0.25, -0.2) is 4.98 Å². The molecule has 1 aliphatic heterocycles. The summed E-state index contributed by atoms with van der Waals surface area (Å²) in [5.74, 6) is 3.44. The SMILES string of the molecule is Cc1nc(Oc2ccccc2)cc(N2CCN(C(=O)COc3ccccc3C)CC2)n1. The van der Waals surface area contributed by atoms with Gasteiger partial charge in [0, 0.05) is 32.2 Å². The molecule has 1 aliphatic rings. The lowest BCUT2D eigenvalue weighted by Crippen LogP contribution is -2.50. The molecule has 7 nitrogen and oxygen atoms in total. The first-order chi connectivity index (χ1) is 15.1. The summed E-state index contributed by atoms with van der Waals surface area (Å²) in [7, 11) is 0. The molecule has 31 heavy (non-hydrogen) atoms. The second-order valence-electron chi connectivity index (χ2n) is 7.45. The third kappa shape index (κ3) is 5.31. The van der Waals surface area contributed by atoms with Crippen LogP contribution in [0, 0.1) is 13.8 Å². The summed E-state index contributed by atoms with van der Waals surface area (Å²) in [6.45, 7) is 6.49. The third-order valence-corrected chi connectivity index (χ3v) is 5.17. The molecule has 0 atom stereocenters. The lowest BCUT2D eigenvalue weighted by Gasteiger charge is -2.35. The number of hydrogen-bond donors (Lipinski definition) is 0. The summed E-state index contributed by atoms with van der Waals surface area (Å²) < 4.78 is 11.6. The van der Waals surface area contributed by atoms with Gasteiger partial charge in [0.1, 0.15) is 23.1 Å². The van der Waals surface area contributed by atoms with E-state index in [1.165, 1.54) is 0 Å². The summed E-state index contributed by atoms with van der Waals surface area (Å²) in [6.07, 6.45) is 0. The molecule has 160 valence electrons. The zero-order valence-electron chi connectivity index (χ0n) is 17.8. The molecule has 4 rings (SSSR count). The highest BCUT2D eigenvalue weighted by molar-refractivity contribution is 5.78. The van der Waals surface area contributed by atoms with Crippen molar-refractivity contribution in [2.75, 3.05) is 37.7 Å². The van der Waals surface area contributed by atoms with Gasteiger partial charge in [-0.2, -0.15) is 4.98 Å². The molecule has 3 aromatic rings. The van der Waals surface area contributed by atoms with E-state index < -0.39 is 0 Å². The van der Waals surface area contributed by atoms with Crippen molar-refractivity contribution in [2.24, 2.45) is 0 Å².